The van der Waals surface area contributed by atoms with Crippen molar-refractivity contribution in [1.29, 1.82) is 0 Å². The molecule has 2 fully saturated rings. The zero-order valence-electron chi connectivity index (χ0n) is 23.0. The molecule has 3 aromatic carbocycles. The van der Waals surface area contributed by atoms with Crippen LogP contribution in [0.2, 0.25) is 10.0 Å². The largest absolute Gasteiger partial charge is 0.352 e. The van der Waals surface area contributed by atoms with E-state index in [1.807, 2.05) is 13.0 Å². The molecule has 1 saturated carbocycles. The molecule has 10 heteroatoms. The maximum Gasteiger partial charge on any atom is 0.251 e. The normalized spacial score (nSPS) is 24.0. The van der Waals surface area contributed by atoms with Crippen molar-refractivity contribution in [3.63, 3.8) is 0 Å². The molecule has 2 heterocycles. The van der Waals surface area contributed by atoms with Crippen LogP contribution in [0, 0.1) is 5.82 Å². The minimum absolute atomic E-state index is 0.0814. The van der Waals surface area contributed by atoms with E-state index in [0.717, 1.165) is 19.3 Å². The summed E-state index contributed by atoms with van der Waals surface area (Å²) >= 11 is 12.6. The third-order valence-corrected chi connectivity index (χ3v) is 9.58. The molecule has 0 bridgehead atoms. The quantitative estimate of drug-likeness (QED) is 0.278. The lowest BCUT2D eigenvalue weighted by Gasteiger charge is -2.47. The maximum absolute atomic E-state index is 16.0. The maximum atomic E-state index is 16.0. The molecule has 1 aliphatic carbocycles. The highest BCUT2D eigenvalue weighted by Crippen LogP contribution is 2.62. The van der Waals surface area contributed by atoms with Gasteiger partial charge in [-0.25, -0.2) is 4.39 Å². The second-order valence-corrected chi connectivity index (χ2v) is 12.1. The van der Waals surface area contributed by atoms with E-state index >= 15 is 4.39 Å². The highest BCUT2D eigenvalue weighted by Gasteiger charge is 2.72. The lowest BCUT2D eigenvalue weighted by Crippen LogP contribution is -2.60. The number of halogens is 3. The van der Waals surface area contributed by atoms with Crippen LogP contribution in [0.4, 0.5) is 15.8 Å². The zero-order valence-corrected chi connectivity index (χ0v) is 24.5. The van der Waals surface area contributed by atoms with Crippen molar-refractivity contribution in [2.75, 3.05) is 17.2 Å². The second-order valence-electron chi connectivity index (χ2n) is 11.3. The Labute approximate surface area is 253 Å². The van der Waals surface area contributed by atoms with E-state index in [2.05, 4.69) is 21.3 Å². The summed E-state index contributed by atoms with van der Waals surface area (Å²) in [6.07, 6.45) is 3.97. The molecule has 4 N–H and O–H groups in total. The first-order valence-electron chi connectivity index (χ1n) is 14.2. The SMILES string of the molecule is CCNC(=O)c1ccc(NC(=O)[C@@H]2NC3(CCCCC3)[C@]3(C(=O)Nc4cc(Cl)ccc43)[C@H]2c2cccc(Cl)c2F)cc1. The number of fused-ring (bicyclic) bond motifs is 3. The minimum Gasteiger partial charge on any atom is -0.352 e. The number of hydrogen-bond donors (Lipinski definition) is 4. The number of hydrogen-bond acceptors (Lipinski definition) is 4. The lowest BCUT2D eigenvalue weighted by molar-refractivity contribution is -0.124. The zero-order chi connectivity index (χ0) is 29.6. The number of carbonyl (C=O) groups is 3. The third-order valence-electron chi connectivity index (χ3n) is 9.06. The van der Waals surface area contributed by atoms with Crippen LogP contribution in [-0.2, 0) is 15.0 Å². The van der Waals surface area contributed by atoms with Crippen LogP contribution in [0.5, 0.6) is 0 Å². The Bertz CT molecular complexity index is 1570. The van der Waals surface area contributed by atoms with Gasteiger partial charge in [-0.1, -0.05) is 60.7 Å². The first kappa shape index (κ1) is 28.6. The summed E-state index contributed by atoms with van der Waals surface area (Å²) < 4.78 is 16.0. The average molecular weight is 610 g/mol. The molecule has 0 radical (unpaired) electrons. The van der Waals surface area contributed by atoms with E-state index in [-0.39, 0.29) is 22.4 Å². The van der Waals surface area contributed by atoms with Crippen molar-refractivity contribution in [2.24, 2.45) is 0 Å². The van der Waals surface area contributed by atoms with Gasteiger partial charge in [-0.15, -0.1) is 0 Å². The Morgan fingerprint density at radius 3 is 2.48 bits per heavy atom. The molecular formula is C32H31Cl2FN4O3. The van der Waals surface area contributed by atoms with Crippen molar-refractivity contribution >= 4 is 52.3 Å². The summed E-state index contributed by atoms with van der Waals surface area (Å²) in [5, 5.41) is 12.7. The van der Waals surface area contributed by atoms with Crippen LogP contribution in [0.1, 0.15) is 66.4 Å². The summed E-state index contributed by atoms with van der Waals surface area (Å²) in [4.78, 5) is 40.8. The summed E-state index contributed by atoms with van der Waals surface area (Å²) in [6.45, 7) is 2.34. The van der Waals surface area contributed by atoms with Gasteiger partial charge in [0.15, 0.2) is 0 Å². The molecule has 3 aromatic rings. The van der Waals surface area contributed by atoms with E-state index in [1.54, 1.807) is 48.5 Å². The summed E-state index contributed by atoms with van der Waals surface area (Å²) in [5.41, 5.74) is 0.265. The number of rotatable bonds is 5. The topological polar surface area (TPSA) is 99.3 Å². The second kappa shape index (κ2) is 11.0. The Morgan fingerprint density at radius 1 is 1.02 bits per heavy atom. The molecule has 3 amide bonds. The Balaban J connectivity index is 1.49. The van der Waals surface area contributed by atoms with Crippen LogP contribution in [0.25, 0.3) is 0 Å². The van der Waals surface area contributed by atoms with E-state index in [9.17, 15) is 14.4 Å². The minimum atomic E-state index is -1.30. The van der Waals surface area contributed by atoms with Gasteiger partial charge < -0.3 is 16.0 Å². The Hall–Kier alpha value is -3.46. The molecule has 0 unspecified atom stereocenters. The van der Waals surface area contributed by atoms with Crippen LogP contribution in [-0.4, -0.2) is 35.8 Å². The number of nitrogens with one attached hydrogen (secondary N) is 4. The van der Waals surface area contributed by atoms with Gasteiger partial charge in [-0.3, -0.25) is 19.7 Å². The molecule has 6 rings (SSSR count). The van der Waals surface area contributed by atoms with Crippen LogP contribution in [0.15, 0.2) is 60.7 Å². The van der Waals surface area contributed by atoms with Crippen LogP contribution in [0.3, 0.4) is 0 Å². The number of carbonyl (C=O) groups excluding carboxylic acids is 3. The highest BCUT2D eigenvalue weighted by molar-refractivity contribution is 6.31. The first-order valence-corrected chi connectivity index (χ1v) is 15.0. The van der Waals surface area contributed by atoms with Gasteiger partial charge >= 0.3 is 0 Å². The smallest absolute Gasteiger partial charge is 0.251 e. The molecule has 218 valence electrons. The van der Waals surface area contributed by atoms with Gasteiger partial charge in [0.1, 0.15) is 11.2 Å². The van der Waals surface area contributed by atoms with Gasteiger partial charge in [0.05, 0.1) is 11.1 Å². The van der Waals surface area contributed by atoms with Gasteiger partial charge in [0, 0.05) is 40.0 Å². The molecule has 3 aliphatic rings. The fraction of sp³-hybridized carbons (Fsp3) is 0.344. The monoisotopic (exact) mass is 608 g/mol. The lowest BCUT2D eigenvalue weighted by atomic mass is 9.55. The number of amides is 3. The standard InChI is InChI=1S/C32H31Cl2FN4O3/c1-2-36-28(40)18-9-12-20(13-10-18)37-29(41)27-25(21-7-6-8-23(34)26(21)35)32(31(39-27)15-4-3-5-16-31)22-14-11-19(33)17-24(22)38-30(32)42/h6-14,17,25,27,39H,2-5,15-16H2,1H3,(H,36,40)(H,37,41)(H,38,42)/t25-,27+,32-/m0/s1. The van der Waals surface area contributed by atoms with E-state index in [0.29, 0.717) is 46.9 Å². The molecular weight excluding hydrogens is 578 g/mol. The number of benzene rings is 3. The van der Waals surface area contributed by atoms with E-state index in [1.165, 1.54) is 6.07 Å². The molecule has 42 heavy (non-hydrogen) atoms. The van der Waals surface area contributed by atoms with E-state index in [4.69, 9.17) is 23.2 Å². The average Bonchev–Trinajstić information content (AvgIpc) is 3.43. The van der Waals surface area contributed by atoms with Crippen molar-refractivity contribution in [3.05, 3.63) is 93.2 Å². The Kier molecular flexibility index (Phi) is 7.50. The molecule has 2 aliphatic heterocycles. The van der Waals surface area contributed by atoms with Crippen molar-refractivity contribution in [3.8, 4) is 0 Å². The predicted molar refractivity (Wildman–Crippen MR) is 162 cm³/mol. The predicted octanol–water partition coefficient (Wildman–Crippen LogP) is 6.17. The molecule has 3 atom stereocenters. The van der Waals surface area contributed by atoms with Crippen molar-refractivity contribution in [2.45, 2.75) is 61.9 Å². The molecule has 7 nitrogen and oxygen atoms in total. The molecule has 2 spiro atoms. The highest BCUT2D eigenvalue weighted by atomic mass is 35.5. The summed E-state index contributed by atoms with van der Waals surface area (Å²) in [6, 6.07) is 15.6. The fourth-order valence-electron chi connectivity index (χ4n) is 7.41. The number of anilines is 2. The van der Waals surface area contributed by atoms with Gasteiger partial charge in [0.25, 0.3) is 5.91 Å². The van der Waals surface area contributed by atoms with Gasteiger partial charge in [-0.05, 0) is 73.4 Å². The van der Waals surface area contributed by atoms with Gasteiger partial charge in [0.2, 0.25) is 11.8 Å². The van der Waals surface area contributed by atoms with Crippen molar-refractivity contribution in [1.82, 2.24) is 10.6 Å². The first-order chi connectivity index (χ1) is 20.2. The summed E-state index contributed by atoms with van der Waals surface area (Å²) in [7, 11) is 0. The summed E-state index contributed by atoms with van der Waals surface area (Å²) in [5.74, 6) is -2.50. The van der Waals surface area contributed by atoms with Gasteiger partial charge in [-0.2, -0.15) is 0 Å². The molecule has 0 aromatic heterocycles. The van der Waals surface area contributed by atoms with Crippen LogP contribution < -0.4 is 21.3 Å². The van der Waals surface area contributed by atoms with E-state index < -0.39 is 34.6 Å². The van der Waals surface area contributed by atoms with Crippen LogP contribution >= 0.6 is 23.2 Å². The molecule has 1 saturated heterocycles. The Morgan fingerprint density at radius 2 is 1.76 bits per heavy atom. The fourth-order valence-corrected chi connectivity index (χ4v) is 7.76. The van der Waals surface area contributed by atoms with Crippen molar-refractivity contribution < 1.29 is 18.8 Å². The third kappa shape index (κ3) is 4.39.